The Morgan fingerprint density at radius 1 is 1.31 bits per heavy atom. The Kier molecular flexibility index (Phi) is 5.23. The van der Waals surface area contributed by atoms with Crippen molar-refractivity contribution in [3.8, 4) is 5.88 Å². The first-order valence-electron chi connectivity index (χ1n) is 6.13. The molecule has 0 aromatic carbocycles. The molecule has 1 atom stereocenters. The molecule has 0 aliphatic rings. The van der Waals surface area contributed by atoms with Crippen LogP contribution in [0.4, 0.5) is 0 Å². The van der Waals surface area contributed by atoms with E-state index in [1.54, 1.807) is 0 Å². The molecule has 0 amide bonds. The second-order valence-corrected chi connectivity index (χ2v) is 4.34. The van der Waals surface area contributed by atoms with Crippen molar-refractivity contribution in [2.75, 3.05) is 6.61 Å². The van der Waals surface area contributed by atoms with E-state index < -0.39 is 0 Å². The predicted octanol–water partition coefficient (Wildman–Crippen LogP) is 3.16. The summed E-state index contributed by atoms with van der Waals surface area (Å²) in [5, 5.41) is 0. The lowest BCUT2D eigenvalue weighted by atomic mass is 10.1. The second-order valence-electron chi connectivity index (χ2n) is 4.34. The van der Waals surface area contributed by atoms with Crippen LogP contribution in [0.1, 0.15) is 45.1 Å². The van der Waals surface area contributed by atoms with Crippen molar-refractivity contribution in [3.63, 3.8) is 0 Å². The fourth-order valence-corrected chi connectivity index (χ4v) is 1.35. The van der Waals surface area contributed by atoms with Gasteiger partial charge in [-0.3, -0.25) is 0 Å². The van der Waals surface area contributed by atoms with E-state index in [4.69, 9.17) is 4.74 Å². The van der Waals surface area contributed by atoms with E-state index in [0.717, 1.165) is 43.3 Å². The maximum atomic E-state index is 5.68. The molecule has 3 heteroatoms. The first-order chi connectivity index (χ1) is 7.65. The molecule has 1 aromatic rings. The van der Waals surface area contributed by atoms with Gasteiger partial charge in [0.15, 0.2) is 0 Å². The van der Waals surface area contributed by atoms with Crippen molar-refractivity contribution in [1.29, 1.82) is 0 Å². The summed E-state index contributed by atoms with van der Waals surface area (Å²) in [6.07, 6.45) is 3.11. The molecule has 1 rings (SSSR count). The highest BCUT2D eigenvalue weighted by Crippen LogP contribution is 2.12. The third-order valence-corrected chi connectivity index (χ3v) is 2.56. The molecule has 0 aliphatic carbocycles. The quantitative estimate of drug-likeness (QED) is 0.741. The minimum absolute atomic E-state index is 0.574. The molecule has 1 unspecified atom stereocenters. The molecule has 0 aliphatic heterocycles. The van der Waals surface area contributed by atoms with E-state index in [1.807, 2.05) is 13.0 Å². The molecule has 3 nitrogen and oxygen atoms in total. The van der Waals surface area contributed by atoms with E-state index in [1.165, 1.54) is 0 Å². The number of rotatable bonds is 6. The van der Waals surface area contributed by atoms with Crippen LogP contribution < -0.4 is 4.74 Å². The van der Waals surface area contributed by atoms with Crippen LogP contribution in [-0.2, 0) is 6.42 Å². The highest BCUT2D eigenvalue weighted by molar-refractivity contribution is 5.15. The standard InChI is InChI=1S/C13H22N2O/c1-5-7-12-14-11(4)8-13(15-12)16-9-10(3)6-2/h8,10H,5-7,9H2,1-4H3. The van der Waals surface area contributed by atoms with Gasteiger partial charge in [0.1, 0.15) is 5.82 Å². The molecule has 90 valence electrons. The van der Waals surface area contributed by atoms with Crippen molar-refractivity contribution in [1.82, 2.24) is 9.97 Å². The molecule has 0 radical (unpaired) electrons. The van der Waals surface area contributed by atoms with Crippen LogP contribution in [0.25, 0.3) is 0 Å². The van der Waals surface area contributed by atoms with Crippen LogP contribution in [0, 0.1) is 12.8 Å². The smallest absolute Gasteiger partial charge is 0.216 e. The highest BCUT2D eigenvalue weighted by atomic mass is 16.5. The van der Waals surface area contributed by atoms with E-state index in [-0.39, 0.29) is 0 Å². The van der Waals surface area contributed by atoms with Gasteiger partial charge in [0.2, 0.25) is 5.88 Å². The fraction of sp³-hybridized carbons (Fsp3) is 0.692. The van der Waals surface area contributed by atoms with Gasteiger partial charge in [-0.05, 0) is 19.3 Å². The van der Waals surface area contributed by atoms with Crippen molar-refractivity contribution in [2.24, 2.45) is 5.92 Å². The molecule has 0 N–H and O–H groups in total. The topological polar surface area (TPSA) is 35.0 Å². The van der Waals surface area contributed by atoms with Crippen LogP contribution in [0.2, 0.25) is 0 Å². The van der Waals surface area contributed by atoms with E-state index >= 15 is 0 Å². The van der Waals surface area contributed by atoms with E-state index in [9.17, 15) is 0 Å². The summed E-state index contributed by atoms with van der Waals surface area (Å²) in [5.74, 6) is 2.18. The van der Waals surface area contributed by atoms with Crippen molar-refractivity contribution >= 4 is 0 Å². The van der Waals surface area contributed by atoms with Crippen LogP contribution >= 0.6 is 0 Å². The largest absolute Gasteiger partial charge is 0.477 e. The fourth-order valence-electron chi connectivity index (χ4n) is 1.35. The second kappa shape index (κ2) is 6.46. The Labute approximate surface area is 98.3 Å². The van der Waals surface area contributed by atoms with Gasteiger partial charge in [0.25, 0.3) is 0 Å². The molecule has 0 spiro atoms. The zero-order valence-corrected chi connectivity index (χ0v) is 10.8. The minimum atomic E-state index is 0.574. The summed E-state index contributed by atoms with van der Waals surface area (Å²) in [7, 11) is 0. The molecule has 1 heterocycles. The van der Waals surface area contributed by atoms with Gasteiger partial charge >= 0.3 is 0 Å². The van der Waals surface area contributed by atoms with Crippen LogP contribution in [0.3, 0.4) is 0 Å². The van der Waals surface area contributed by atoms with E-state index in [2.05, 4.69) is 30.7 Å². The van der Waals surface area contributed by atoms with E-state index in [0.29, 0.717) is 5.92 Å². The maximum absolute atomic E-state index is 5.68. The van der Waals surface area contributed by atoms with Crippen molar-refractivity contribution in [2.45, 2.75) is 47.0 Å². The first-order valence-corrected chi connectivity index (χ1v) is 6.13. The molecule has 0 saturated carbocycles. The number of hydrogen-bond acceptors (Lipinski definition) is 3. The molecule has 0 bridgehead atoms. The van der Waals surface area contributed by atoms with Gasteiger partial charge in [-0.2, -0.15) is 4.98 Å². The number of aryl methyl sites for hydroxylation is 2. The van der Waals surface area contributed by atoms with Crippen molar-refractivity contribution in [3.05, 3.63) is 17.6 Å². The van der Waals surface area contributed by atoms with Gasteiger partial charge in [-0.25, -0.2) is 4.98 Å². The molecular formula is C13H22N2O. The Bertz CT molecular complexity index is 326. The SMILES string of the molecule is CCCc1nc(C)cc(OCC(C)CC)n1. The van der Waals surface area contributed by atoms with Crippen molar-refractivity contribution < 1.29 is 4.74 Å². The molecular weight excluding hydrogens is 200 g/mol. The van der Waals surface area contributed by atoms with Gasteiger partial charge in [0, 0.05) is 18.2 Å². The summed E-state index contributed by atoms with van der Waals surface area (Å²) in [6.45, 7) is 9.20. The Morgan fingerprint density at radius 3 is 2.69 bits per heavy atom. The van der Waals surface area contributed by atoms with Gasteiger partial charge < -0.3 is 4.74 Å². The Hall–Kier alpha value is -1.12. The average Bonchev–Trinajstić information content (AvgIpc) is 2.25. The Morgan fingerprint density at radius 2 is 2.06 bits per heavy atom. The summed E-state index contributed by atoms with van der Waals surface area (Å²) in [6, 6.07) is 1.90. The summed E-state index contributed by atoms with van der Waals surface area (Å²) in [4.78, 5) is 8.78. The zero-order chi connectivity index (χ0) is 12.0. The zero-order valence-electron chi connectivity index (χ0n) is 10.8. The number of ether oxygens (including phenoxy) is 1. The molecule has 0 fully saturated rings. The average molecular weight is 222 g/mol. The number of aromatic nitrogens is 2. The van der Waals surface area contributed by atoms with Gasteiger partial charge in [0.05, 0.1) is 6.61 Å². The molecule has 0 saturated heterocycles. The summed E-state index contributed by atoms with van der Waals surface area (Å²) < 4.78 is 5.68. The van der Waals surface area contributed by atoms with Crippen LogP contribution in [0.15, 0.2) is 6.07 Å². The predicted molar refractivity (Wildman–Crippen MR) is 65.7 cm³/mol. The summed E-state index contributed by atoms with van der Waals surface area (Å²) >= 11 is 0. The normalized spacial score (nSPS) is 12.5. The first kappa shape index (κ1) is 12.9. The lowest BCUT2D eigenvalue weighted by molar-refractivity contribution is 0.246. The Balaban J connectivity index is 2.64. The van der Waals surface area contributed by atoms with Crippen LogP contribution in [-0.4, -0.2) is 16.6 Å². The minimum Gasteiger partial charge on any atom is -0.477 e. The number of nitrogens with zero attached hydrogens (tertiary/aromatic N) is 2. The monoisotopic (exact) mass is 222 g/mol. The van der Waals surface area contributed by atoms with Crippen LogP contribution in [0.5, 0.6) is 5.88 Å². The molecule has 16 heavy (non-hydrogen) atoms. The summed E-state index contributed by atoms with van der Waals surface area (Å²) in [5.41, 5.74) is 0.984. The highest BCUT2D eigenvalue weighted by Gasteiger charge is 2.04. The lowest BCUT2D eigenvalue weighted by Gasteiger charge is -2.11. The van der Waals surface area contributed by atoms with Gasteiger partial charge in [-0.1, -0.05) is 27.2 Å². The maximum Gasteiger partial charge on any atom is 0.216 e. The van der Waals surface area contributed by atoms with Gasteiger partial charge in [-0.15, -0.1) is 0 Å². The number of hydrogen-bond donors (Lipinski definition) is 0. The lowest BCUT2D eigenvalue weighted by Crippen LogP contribution is -2.09. The third-order valence-electron chi connectivity index (χ3n) is 2.56. The molecule has 1 aromatic heterocycles. The third kappa shape index (κ3) is 4.17.